The number of amides is 1. The first-order valence-electron chi connectivity index (χ1n) is 13.6. The van der Waals surface area contributed by atoms with E-state index in [0.29, 0.717) is 23.3 Å². The number of nitrogens with zero attached hydrogens (tertiary/aromatic N) is 2. The van der Waals surface area contributed by atoms with Crippen LogP contribution in [0.1, 0.15) is 42.6 Å². The summed E-state index contributed by atoms with van der Waals surface area (Å²) in [5.74, 6) is -0.396. The molecule has 3 aromatic rings. The first-order valence-corrected chi connectivity index (χ1v) is 13.6. The first kappa shape index (κ1) is 27.9. The van der Waals surface area contributed by atoms with Crippen molar-refractivity contribution in [2.45, 2.75) is 51.6 Å². The van der Waals surface area contributed by atoms with E-state index < -0.39 is 23.4 Å². The van der Waals surface area contributed by atoms with Crippen molar-refractivity contribution in [3.63, 3.8) is 0 Å². The van der Waals surface area contributed by atoms with Gasteiger partial charge in [0.2, 0.25) is 6.29 Å². The largest absolute Gasteiger partial charge is 0.505 e. The van der Waals surface area contributed by atoms with Gasteiger partial charge in [0.25, 0.3) is 5.91 Å². The van der Waals surface area contributed by atoms with E-state index in [2.05, 4.69) is 22.2 Å². The lowest BCUT2D eigenvalue weighted by atomic mass is 9.94. The lowest BCUT2D eigenvalue weighted by molar-refractivity contribution is -0.233. The van der Waals surface area contributed by atoms with E-state index in [1.54, 1.807) is 38.3 Å². The van der Waals surface area contributed by atoms with Crippen LogP contribution < -0.4 is 20.6 Å². The van der Waals surface area contributed by atoms with Gasteiger partial charge in [-0.05, 0) is 64.6 Å². The molecular formula is C30H37N3O7. The molecular weight excluding hydrogens is 514 g/mol. The highest BCUT2D eigenvalue weighted by Crippen LogP contribution is 2.37. The zero-order valence-corrected chi connectivity index (χ0v) is 23.7. The molecule has 0 saturated carbocycles. The van der Waals surface area contributed by atoms with Crippen molar-refractivity contribution in [2.24, 2.45) is 0 Å². The Morgan fingerprint density at radius 3 is 2.58 bits per heavy atom. The molecule has 2 aliphatic rings. The summed E-state index contributed by atoms with van der Waals surface area (Å²) in [6.45, 7) is 9.26. The highest BCUT2D eigenvalue weighted by atomic mass is 16.7. The molecule has 214 valence electrons. The number of carbonyl (C=O) groups is 1. The van der Waals surface area contributed by atoms with Gasteiger partial charge in [-0.1, -0.05) is 6.07 Å². The Morgan fingerprint density at radius 2 is 1.88 bits per heavy atom. The number of fused-ring (bicyclic) bond motifs is 1. The van der Waals surface area contributed by atoms with Crippen LogP contribution in [-0.4, -0.2) is 74.2 Å². The average Bonchev–Trinajstić information content (AvgIpc) is 2.93. The molecule has 2 fully saturated rings. The fourth-order valence-corrected chi connectivity index (χ4v) is 5.43. The summed E-state index contributed by atoms with van der Waals surface area (Å²) in [6.07, 6.45) is 0.870. The number of hydrogen-bond donors (Lipinski definition) is 2. The number of hydrogen-bond acceptors (Lipinski definition) is 9. The van der Waals surface area contributed by atoms with Crippen molar-refractivity contribution < 1.29 is 28.5 Å². The molecule has 0 unspecified atom stereocenters. The van der Waals surface area contributed by atoms with E-state index in [1.807, 2.05) is 26.0 Å². The number of methoxy groups -OCH3 is 1. The minimum absolute atomic E-state index is 0.0390. The van der Waals surface area contributed by atoms with Gasteiger partial charge in [-0.15, -0.1) is 0 Å². The summed E-state index contributed by atoms with van der Waals surface area (Å²) >= 11 is 0. The Balaban J connectivity index is 1.36. The Labute approximate surface area is 233 Å². The Kier molecular flexibility index (Phi) is 7.76. The maximum atomic E-state index is 13.1. The average molecular weight is 552 g/mol. The normalized spacial score (nSPS) is 21.4. The molecule has 10 heteroatoms. The monoisotopic (exact) mass is 551 g/mol. The number of aryl methyl sites for hydroxylation is 1. The highest BCUT2D eigenvalue weighted by molar-refractivity contribution is 6.07. The summed E-state index contributed by atoms with van der Waals surface area (Å²) < 4.78 is 23.4. The third-order valence-corrected chi connectivity index (χ3v) is 7.88. The third kappa shape index (κ3) is 5.52. The number of likely N-dealkylation sites (N-methyl/N-ethyl adjacent to an activating group) is 1. The van der Waals surface area contributed by atoms with Crippen molar-refractivity contribution in [1.29, 1.82) is 0 Å². The smallest absolute Gasteiger partial charge is 0.364 e. The molecule has 2 N–H and O–H groups in total. The van der Waals surface area contributed by atoms with Crippen LogP contribution in [0.5, 0.6) is 11.5 Å². The Bertz CT molecular complexity index is 1460. The van der Waals surface area contributed by atoms with Gasteiger partial charge in [0.15, 0.2) is 11.4 Å². The van der Waals surface area contributed by atoms with Gasteiger partial charge in [-0.2, -0.15) is 0 Å². The minimum atomic E-state index is -0.855. The summed E-state index contributed by atoms with van der Waals surface area (Å²) in [5, 5.41) is 13.8. The predicted molar refractivity (Wildman–Crippen MR) is 153 cm³/mol. The van der Waals surface area contributed by atoms with E-state index >= 15 is 0 Å². The zero-order valence-electron chi connectivity index (χ0n) is 23.7. The van der Waals surface area contributed by atoms with E-state index in [0.717, 1.165) is 38.3 Å². The summed E-state index contributed by atoms with van der Waals surface area (Å²) in [5.41, 5.74) is 0.343. The number of rotatable bonds is 6. The fourth-order valence-electron chi connectivity index (χ4n) is 5.43. The van der Waals surface area contributed by atoms with Crippen LogP contribution in [0.4, 0.5) is 11.4 Å². The molecule has 2 atom stereocenters. The minimum Gasteiger partial charge on any atom is -0.505 e. The van der Waals surface area contributed by atoms with Crippen LogP contribution in [-0.2, 0) is 9.47 Å². The summed E-state index contributed by atoms with van der Waals surface area (Å²) in [4.78, 5) is 30.5. The van der Waals surface area contributed by atoms with E-state index in [1.165, 1.54) is 0 Å². The molecule has 1 aromatic heterocycles. The number of ether oxygens (including phenoxy) is 3. The van der Waals surface area contributed by atoms with Gasteiger partial charge < -0.3 is 38.9 Å². The topological polar surface area (TPSA) is 114 Å². The predicted octanol–water partition coefficient (Wildman–Crippen LogP) is 4.12. The molecule has 2 aliphatic heterocycles. The molecule has 0 bridgehead atoms. The van der Waals surface area contributed by atoms with Gasteiger partial charge >= 0.3 is 5.63 Å². The Hall–Kier alpha value is -3.60. The molecule has 2 aromatic carbocycles. The number of nitrogens with one attached hydrogen (secondary N) is 1. The number of carbonyl (C=O) groups excluding carboxylic acids is 1. The van der Waals surface area contributed by atoms with Crippen LogP contribution in [0.15, 0.2) is 45.6 Å². The van der Waals surface area contributed by atoms with Crippen LogP contribution >= 0.6 is 0 Å². The van der Waals surface area contributed by atoms with Crippen LogP contribution in [0, 0.1) is 6.92 Å². The third-order valence-electron chi connectivity index (χ3n) is 7.88. The molecule has 1 amide bonds. The van der Waals surface area contributed by atoms with E-state index in [9.17, 15) is 14.7 Å². The van der Waals surface area contributed by atoms with Gasteiger partial charge in [-0.25, -0.2) is 4.79 Å². The van der Waals surface area contributed by atoms with Crippen molar-refractivity contribution in [3.05, 3.63) is 57.9 Å². The van der Waals surface area contributed by atoms with Crippen LogP contribution in [0.3, 0.4) is 0 Å². The summed E-state index contributed by atoms with van der Waals surface area (Å²) in [7, 11) is 3.75. The van der Waals surface area contributed by atoms with Crippen molar-refractivity contribution in [2.75, 3.05) is 50.6 Å². The van der Waals surface area contributed by atoms with Gasteiger partial charge in [-0.3, -0.25) is 4.79 Å². The lowest BCUT2D eigenvalue weighted by Crippen LogP contribution is -2.49. The van der Waals surface area contributed by atoms with Gasteiger partial charge in [0.05, 0.1) is 17.1 Å². The first-order chi connectivity index (χ1) is 19.1. The molecule has 10 nitrogen and oxygen atoms in total. The molecule has 0 spiro atoms. The fraction of sp³-hybridized carbons (Fsp3) is 0.467. The SMILES string of the molecule is CO[C@@H]1CC[C@H](Oc2ccc3c(O)c(NC(=O)c4cccc(N5CCN(C)CC5)c4)c(=O)oc3c2C)OC1(C)C. The van der Waals surface area contributed by atoms with Crippen molar-refractivity contribution in [1.82, 2.24) is 4.90 Å². The van der Waals surface area contributed by atoms with Crippen LogP contribution in [0.25, 0.3) is 11.0 Å². The molecule has 0 aliphatic carbocycles. The number of aromatic hydroxyl groups is 1. The molecule has 0 radical (unpaired) electrons. The van der Waals surface area contributed by atoms with E-state index in [4.69, 9.17) is 18.6 Å². The molecule has 40 heavy (non-hydrogen) atoms. The second-order valence-corrected chi connectivity index (χ2v) is 11.0. The van der Waals surface area contributed by atoms with E-state index in [-0.39, 0.29) is 28.5 Å². The molecule has 5 rings (SSSR count). The van der Waals surface area contributed by atoms with Crippen molar-refractivity contribution in [3.8, 4) is 11.5 Å². The number of piperazine rings is 1. The van der Waals surface area contributed by atoms with Gasteiger partial charge in [0, 0.05) is 56.5 Å². The van der Waals surface area contributed by atoms with Crippen molar-refractivity contribution >= 4 is 28.3 Å². The second kappa shape index (κ2) is 11.1. The lowest BCUT2D eigenvalue weighted by Gasteiger charge is -2.41. The number of anilines is 2. The van der Waals surface area contributed by atoms with Crippen LogP contribution in [0.2, 0.25) is 0 Å². The Morgan fingerprint density at radius 1 is 1.12 bits per heavy atom. The second-order valence-electron chi connectivity index (χ2n) is 11.0. The maximum Gasteiger partial charge on any atom is 0.364 e. The molecule has 3 heterocycles. The zero-order chi connectivity index (χ0) is 28.6. The standard InChI is InChI=1S/C30H37N3O7/c1-18-22(38-24-12-11-23(37-5)30(2,3)40-24)10-9-21-26(34)25(29(36)39-27(18)21)31-28(35)19-7-6-8-20(17-19)33-15-13-32(4)14-16-33/h6-10,17,23-24,34H,11-16H2,1-5H3,(H,31,35)/t23-,24-/m1/s1. The quantitative estimate of drug-likeness (QED) is 0.437. The molecule has 2 saturated heterocycles. The summed E-state index contributed by atoms with van der Waals surface area (Å²) in [6, 6.07) is 10.5. The maximum absolute atomic E-state index is 13.1. The highest BCUT2D eigenvalue weighted by Gasteiger charge is 2.39. The number of benzene rings is 2. The van der Waals surface area contributed by atoms with Gasteiger partial charge in [0.1, 0.15) is 11.3 Å².